The molecular formula is C23H25NO5. The molecule has 0 fully saturated rings. The number of amides is 1. The van der Waals surface area contributed by atoms with Crippen LogP contribution in [-0.4, -0.2) is 31.2 Å². The summed E-state index contributed by atoms with van der Waals surface area (Å²) in [7, 11) is 0. The Morgan fingerprint density at radius 2 is 2.10 bits per heavy atom. The van der Waals surface area contributed by atoms with Crippen LogP contribution in [0.2, 0.25) is 0 Å². The largest absolute Gasteiger partial charge is 0.493 e. The van der Waals surface area contributed by atoms with Gasteiger partial charge in [0, 0.05) is 29.3 Å². The van der Waals surface area contributed by atoms with Crippen LogP contribution in [0.3, 0.4) is 0 Å². The average Bonchev–Trinajstić information content (AvgIpc) is 3.03. The van der Waals surface area contributed by atoms with Gasteiger partial charge in [-0.2, -0.15) is 0 Å². The quantitative estimate of drug-likeness (QED) is 0.568. The molecular weight excluding hydrogens is 370 g/mol. The maximum atomic E-state index is 12.0. The first-order chi connectivity index (χ1) is 13.9. The number of esters is 1. The molecule has 3 rings (SSSR count). The highest BCUT2D eigenvalue weighted by molar-refractivity contribution is 5.94. The van der Waals surface area contributed by atoms with Crippen LogP contribution in [0.1, 0.15) is 30.5 Å². The van der Waals surface area contributed by atoms with Gasteiger partial charge in [0.25, 0.3) is 5.91 Å². The van der Waals surface area contributed by atoms with E-state index in [1.54, 1.807) is 12.1 Å². The smallest absolute Gasteiger partial charge is 0.331 e. The standard InChI is InChI=1S/C23H25NO5/c1-4-27-20-13-18-11-16(3)29-21(18)12-17(20)8-9-23(26)28-14-22(25)24-19-7-5-6-15(2)10-19/h5-10,12-13,16H,4,11,14H2,1-3H3,(H,24,25)/b9-8+/t16-/m1/s1. The predicted molar refractivity (Wildman–Crippen MR) is 111 cm³/mol. The Balaban J connectivity index is 1.59. The van der Waals surface area contributed by atoms with Crippen LogP contribution in [0.15, 0.2) is 42.5 Å². The Hall–Kier alpha value is -3.28. The van der Waals surface area contributed by atoms with E-state index in [2.05, 4.69) is 5.32 Å². The first-order valence-electron chi connectivity index (χ1n) is 9.62. The molecule has 0 spiro atoms. The lowest BCUT2D eigenvalue weighted by Crippen LogP contribution is -2.20. The van der Waals surface area contributed by atoms with E-state index >= 15 is 0 Å². The highest BCUT2D eigenvalue weighted by Crippen LogP contribution is 2.35. The summed E-state index contributed by atoms with van der Waals surface area (Å²) >= 11 is 0. The Labute approximate surface area is 170 Å². The van der Waals surface area contributed by atoms with E-state index < -0.39 is 11.9 Å². The van der Waals surface area contributed by atoms with Crippen LogP contribution in [0.5, 0.6) is 11.5 Å². The fourth-order valence-corrected chi connectivity index (χ4v) is 3.13. The second kappa shape index (κ2) is 9.28. The summed E-state index contributed by atoms with van der Waals surface area (Å²) in [6, 6.07) is 11.2. The third-order valence-electron chi connectivity index (χ3n) is 4.37. The summed E-state index contributed by atoms with van der Waals surface area (Å²) in [4.78, 5) is 24.0. The molecule has 2 aromatic rings. The lowest BCUT2D eigenvalue weighted by molar-refractivity contribution is -0.142. The molecule has 152 valence electrons. The molecule has 1 aliphatic heterocycles. The van der Waals surface area contributed by atoms with Crippen molar-refractivity contribution in [2.75, 3.05) is 18.5 Å². The number of rotatable bonds is 7. The van der Waals surface area contributed by atoms with Crippen LogP contribution in [0.25, 0.3) is 6.08 Å². The van der Waals surface area contributed by atoms with Crippen molar-refractivity contribution in [3.8, 4) is 11.5 Å². The van der Waals surface area contributed by atoms with Crippen LogP contribution >= 0.6 is 0 Å². The van der Waals surface area contributed by atoms with Crippen molar-refractivity contribution >= 4 is 23.6 Å². The molecule has 0 saturated heterocycles. The zero-order chi connectivity index (χ0) is 20.8. The zero-order valence-electron chi connectivity index (χ0n) is 16.9. The molecule has 1 aliphatic rings. The molecule has 1 atom stereocenters. The van der Waals surface area contributed by atoms with Gasteiger partial charge in [-0.05, 0) is 56.7 Å². The van der Waals surface area contributed by atoms with Crippen molar-refractivity contribution in [2.24, 2.45) is 0 Å². The lowest BCUT2D eigenvalue weighted by Gasteiger charge is -2.10. The molecule has 29 heavy (non-hydrogen) atoms. The third kappa shape index (κ3) is 5.60. The number of hydrogen-bond donors (Lipinski definition) is 1. The molecule has 1 N–H and O–H groups in total. The van der Waals surface area contributed by atoms with Gasteiger partial charge in [-0.15, -0.1) is 0 Å². The molecule has 0 saturated carbocycles. The number of carbonyl (C=O) groups excluding carboxylic acids is 2. The van der Waals surface area contributed by atoms with E-state index in [1.807, 2.05) is 51.1 Å². The van der Waals surface area contributed by atoms with Gasteiger partial charge in [0.15, 0.2) is 6.61 Å². The van der Waals surface area contributed by atoms with Crippen molar-refractivity contribution in [3.05, 3.63) is 59.2 Å². The SMILES string of the molecule is CCOc1cc2c(cc1/C=C/C(=O)OCC(=O)Nc1cccc(C)c1)O[C@H](C)C2. The van der Waals surface area contributed by atoms with Gasteiger partial charge >= 0.3 is 5.97 Å². The summed E-state index contributed by atoms with van der Waals surface area (Å²) in [5.41, 5.74) is 3.50. The Morgan fingerprint density at radius 1 is 1.28 bits per heavy atom. The Kier molecular flexibility index (Phi) is 6.54. The molecule has 6 nitrogen and oxygen atoms in total. The number of ether oxygens (including phenoxy) is 3. The maximum Gasteiger partial charge on any atom is 0.331 e. The van der Waals surface area contributed by atoms with Gasteiger partial charge < -0.3 is 19.5 Å². The van der Waals surface area contributed by atoms with Crippen LogP contribution in [0, 0.1) is 6.92 Å². The van der Waals surface area contributed by atoms with E-state index in [0.29, 0.717) is 18.0 Å². The van der Waals surface area contributed by atoms with Crippen LogP contribution < -0.4 is 14.8 Å². The zero-order valence-corrected chi connectivity index (χ0v) is 16.9. The number of nitrogens with one attached hydrogen (secondary N) is 1. The van der Waals surface area contributed by atoms with Gasteiger partial charge in [-0.25, -0.2) is 4.79 Å². The van der Waals surface area contributed by atoms with Crippen LogP contribution in [-0.2, 0) is 20.7 Å². The fraction of sp³-hybridized carbons (Fsp3) is 0.304. The van der Waals surface area contributed by atoms with Gasteiger partial charge in [-0.3, -0.25) is 4.79 Å². The summed E-state index contributed by atoms with van der Waals surface area (Å²) in [6.45, 7) is 6.00. The monoisotopic (exact) mass is 395 g/mol. The highest BCUT2D eigenvalue weighted by atomic mass is 16.5. The van der Waals surface area contributed by atoms with Gasteiger partial charge in [-0.1, -0.05) is 12.1 Å². The second-order valence-corrected chi connectivity index (χ2v) is 6.92. The van der Waals surface area contributed by atoms with Gasteiger partial charge in [0.1, 0.15) is 17.6 Å². The van der Waals surface area contributed by atoms with Crippen molar-refractivity contribution in [1.82, 2.24) is 0 Å². The van der Waals surface area contributed by atoms with Crippen molar-refractivity contribution in [3.63, 3.8) is 0 Å². The van der Waals surface area contributed by atoms with Crippen molar-refractivity contribution in [1.29, 1.82) is 0 Å². The minimum atomic E-state index is -0.610. The predicted octanol–water partition coefficient (Wildman–Crippen LogP) is 3.91. The molecule has 1 amide bonds. The number of hydrogen-bond acceptors (Lipinski definition) is 5. The molecule has 0 radical (unpaired) electrons. The molecule has 0 bridgehead atoms. The topological polar surface area (TPSA) is 73.9 Å². The van der Waals surface area contributed by atoms with E-state index in [4.69, 9.17) is 14.2 Å². The Morgan fingerprint density at radius 3 is 2.86 bits per heavy atom. The minimum Gasteiger partial charge on any atom is -0.493 e. The van der Waals surface area contributed by atoms with Crippen molar-refractivity contribution in [2.45, 2.75) is 33.3 Å². The molecule has 6 heteroatoms. The molecule has 0 aliphatic carbocycles. The molecule has 1 heterocycles. The average molecular weight is 395 g/mol. The van der Waals surface area contributed by atoms with Gasteiger partial charge in [0.05, 0.1) is 6.61 Å². The first kappa shape index (κ1) is 20.5. The third-order valence-corrected chi connectivity index (χ3v) is 4.37. The minimum absolute atomic E-state index is 0.121. The molecule has 0 aromatic heterocycles. The van der Waals surface area contributed by atoms with Gasteiger partial charge in [0.2, 0.25) is 0 Å². The molecule has 0 unspecified atom stereocenters. The lowest BCUT2D eigenvalue weighted by atomic mass is 10.1. The fourth-order valence-electron chi connectivity index (χ4n) is 3.13. The highest BCUT2D eigenvalue weighted by Gasteiger charge is 2.21. The van der Waals surface area contributed by atoms with E-state index in [1.165, 1.54) is 6.08 Å². The number of aryl methyl sites for hydroxylation is 1. The summed E-state index contributed by atoms with van der Waals surface area (Å²) in [5, 5.41) is 2.69. The van der Waals surface area contributed by atoms with E-state index in [0.717, 1.165) is 28.9 Å². The summed E-state index contributed by atoms with van der Waals surface area (Å²) < 4.78 is 16.5. The second-order valence-electron chi connectivity index (χ2n) is 6.92. The maximum absolute atomic E-state index is 12.0. The number of anilines is 1. The first-order valence-corrected chi connectivity index (χ1v) is 9.62. The Bertz CT molecular complexity index is 935. The number of benzene rings is 2. The van der Waals surface area contributed by atoms with Crippen LogP contribution in [0.4, 0.5) is 5.69 Å². The number of fused-ring (bicyclic) bond motifs is 1. The normalized spacial score (nSPS) is 14.9. The molecule has 2 aromatic carbocycles. The summed E-state index contributed by atoms with van der Waals surface area (Å²) in [5.74, 6) is 0.477. The van der Waals surface area contributed by atoms with Crippen molar-refractivity contribution < 1.29 is 23.8 Å². The van der Waals surface area contributed by atoms with E-state index in [9.17, 15) is 9.59 Å². The van der Waals surface area contributed by atoms with E-state index in [-0.39, 0.29) is 12.7 Å². The number of carbonyl (C=O) groups is 2. The summed E-state index contributed by atoms with van der Waals surface area (Å²) in [6.07, 6.45) is 3.84.